The van der Waals surface area contributed by atoms with Gasteiger partial charge >= 0.3 is 17.3 Å². The number of rotatable bonds is 16. The average Bonchev–Trinajstić information content (AvgIpc) is 1.61. The number of ether oxygens (including phenoxy) is 8. The van der Waals surface area contributed by atoms with Gasteiger partial charge in [0.15, 0.2) is 30.8 Å². The second-order valence-electron chi connectivity index (χ2n) is 24.5. The van der Waals surface area contributed by atoms with Crippen molar-refractivity contribution in [1.29, 1.82) is 0 Å². The minimum atomic E-state index is -1.85. The molecule has 6 aliphatic heterocycles. The molecule has 37 heteroatoms. The number of carbonyl (C=O) groups is 4. The highest BCUT2D eigenvalue weighted by Crippen LogP contribution is 2.39. The van der Waals surface area contributed by atoms with E-state index in [4.69, 9.17) is 37.9 Å². The number of likely N-dealkylation sites (N-methyl/N-ethyl adjacent to an activating group) is 4. The van der Waals surface area contributed by atoms with E-state index in [0.717, 1.165) is 43.5 Å². The molecule has 0 spiro atoms. The first-order valence-electron chi connectivity index (χ1n) is 28.7. The Morgan fingerprint density at radius 1 is 0.576 bits per heavy atom. The van der Waals surface area contributed by atoms with Crippen LogP contribution in [0.25, 0.3) is 0 Å². The minimum absolute atomic E-state index is 0.0395. The summed E-state index contributed by atoms with van der Waals surface area (Å²) in [5, 5.41) is 121. The molecule has 0 bridgehead atoms. The van der Waals surface area contributed by atoms with Crippen molar-refractivity contribution in [1.82, 2.24) is 38.7 Å². The molecule has 512 valence electrons. The number of carboxylic acids is 1. The Hall–Kier alpha value is -7.18. The van der Waals surface area contributed by atoms with E-state index in [1.807, 2.05) is 9.97 Å². The van der Waals surface area contributed by atoms with Gasteiger partial charge in [0.05, 0.1) is 18.8 Å². The average molecular weight is 1310 g/mol. The highest BCUT2D eigenvalue weighted by molar-refractivity contribution is 5.99. The van der Waals surface area contributed by atoms with Gasteiger partial charge in [0.2, 0.25) is 11.8 Å². The number of nitrogens with zero attached hydrogens (tertiary/aromatic N) is 8. The van der Waals surface area contributed by atoms with Crippen molar-refractivity contribution in [2.75, 3.05) is 54.4 Å². The van der Waals surface area contributed by atoms with E-state index in [9.17, 15) is 94.5 Å². The molecule has 2 aromatic heterocycles. The zero-order valence-electron chi connectivity index (χ0n) is 51.8. The Labute approximate surface area is 522 Å². The fourth-order valence-electron chi connectivity index (χ4n) is 10.8. The first-order valence-corrected chi connectivity index (χ1v) is 28.7. The number of aliphatic hydroxyl groups excluding tert-OH is 8. The van der Waals surface area contributed by atoms with Gasteiger partial charge < -0.3 is 104 Å². The maximum Gasteiger partial charge on any atom is 0.352 e. The third-order valence-electron chi connectivity index (χ3n) is 15.4. The number of amides is 2. The lowest BCUT2D eigenvalue weighted by Crippen LogP contribution is -2.59. The molecule has 2 amide bonds. The molecule has 37 nitrogen and oxygen atoms in total. The fraction of sp³-hybridized carbons (Fsp3) is 0.673. The van der Waals surface area contributed by atoms with Crippen molar-refractivity contribution >= 4 is 35.7 Å². The highest BCUT2D eigenvalue weighted by atomic mass is 16.7. The number of nitrogens with one attached hydrogen (secondary N) is 2. The largest absolute Gasteiger partial charge is 0.595 e. The smallest absolute Gasteiger partial charge is 0.352 e. The Kier molecular flexibility index (Phi) is 22.8. The monoisotopic (exact) mass is 1310 g/mol. The van der Waals surface area contributed by atoms with Gasteiger partial charge in [-0.05, 0) is 26.2 Å². The molecule has 8 rings (SSSR count). The number of aliphatic hydroxyl groups is 8. The van der Waals surface area contributed by atoms with Crippen LogP contribution >= 0.6 is 0 Å². The van der Waals surface area contributed by atoms with Gasteiger partial charge in [-0.3, -0.25) is 62.9 Å². The SMILES string of the molecule is CC(=O)C1=CCN(C)[C@@H]([C@H](OC2OC(CN=C([O-])OC(C)(C)C)C(O)C2O)C2OC(n3ccc(=O)[nH]c3=O)C(O)C2O)C(=O)N1C.CN1C(=O)[C@H]([C@H](OC2OC(CN=C([O-])OC(C)(C)C)C(O)C2O)C2OC(n3ccc(=O)[nH]c3=O)C(O)C2O)N(C)CC=C1C(=O)O. The second kappa shape index (κ2) is 29.0. The van der Waals surface area contributed by atoms with Crippen LogP contribution in [0.5, 0.6) is 0 Å². The lowest BCUT2D eigenvalue weighted by molar-refractivity contribution is -0.262. The van der Waals surface area contributed by atoms with E-state index in [0.29, 0.717) is 0 Å². The van der Waals surface area contributed by atoms with Crippen molar-refractivity contribution in [3.8, 4) is 0 Å². The second-order valence-corrected chi connectivity index (χ2v) is 24.5. The fourth-order valence-corrected chi connectivity index (χ4v) is 10.8. The molecule has 4 saturated heterocycles. The Bertz CT molecular complexity index is 3160. The number of aliphatic imine (C=N–C) groups is 2. The number of allylic oxidation sites excluding steroid dienone is 1. The molecule has 0 saturated carbocycles. The van der Waals surface area contributed by atoms with Crippen LogP contribution in [0.3, 0.4) is 0 Å². The number of H-pyrrole nitrogens is 2. The number of aromatic nitrogens is 4. The van der Waals surface area contributed by atoms with E-state index in [1.165, 1.54) is 57.1 Å². The van der Waals surface area contributed by atoms with Gasteiger partial charge in [-0.25, -0.2) is 14.4 Å². The lowest BCUT2D eigenvalue weighted by atomic mass is 9.97. The first-order chi connectivity index (χ1) is 42.8. The summed E-state index contributed by atoms with van der Waals surface area (Å²) in [6, 6.07) is -0.831. The maximum absolute atomic E-state index is 13.9. The predicted molar refractivity (Wildman–Crippen MR) is 305 cm³/mol. The summed E-state index contributed by atoms with van der Waals surface area (Å²) in [6.07, 6.45) is -26.6. The van der Waals surface area contributed by atoms with Crippen molar-refractivity contribution in [2.45, 2.75) is 182 Å². The number of hydrogen-bond donors (Lipinski definition) is 11. The predicted octanol–water partition coefficient (Wildman–Crippen LogP) is -8.98. The van der Waals surface area contributed by atoms with Gasteiger partial charge in [0, 0.05) is 69.8 Å². The van der Waals surface area contributed by atoms with Crippen LogP contribution in [0.15, 0.2) is 77.2 Å². The molecular weight excluding hydrogens is 1230 g/mol. The van der Waals surface area contributed by atoms with Crippen molar-refractivity contribution in [3.63, 3.8) is 0 Å². The van der Waals surface area contributed by atoms with E-state index >= 15 is 0 Å². The summed E-state index contributed by atoms with van der Waals surface area (Å²) in [5.41, 5.74) is -5.34. The number of carboxylic acid groups (broad SMARTS) is 1. The Morgan fingerprint density at radius 2 is 0.935 bits per heavy atom. The van der Waals surface area contributed by atoms with Gasteiger partial charge in [0.1, 0.15) is 115 Å². The standard InChI is InChI=1S/C28H41N5O13.C27H39N5O14/c1-12(34)13-7-9-31(5)16(23(40)32(13)6)21(22-18(37)19(38)24(44-22)33-10-8-15(35)30-26(33)41)45-25-20(39)17(36)14(43-25)11-29-27(42)46-28(2,3)4;1-27(2,3)46-26(42)28-10-12-15(34)18(37)24(43-12)45-19(14-21(38)31(5)11(23(39)40)6-8-30(14)4)20-16(35)17(36)22(44-20)32-9-7-13(33)29-25(32)41/h7-8,10,14,16-22,24-25,36-39H,9,11H2,1-6H3,(H,29,42)(H,30,35,41);6-7,9,12,14-20,22,24,34-37H,8,10H2,1-5H3,(H,28,42)(H,39,40)(H,29,33,41)/p-2/t14?,16-,17?,18?,19?,20?,21-,22?,24?,25?;12?,14-,15?,16?,17?,18?,19-,20?,22?,24?/m00/s1. The molecule has 11 N–H and O–H groups in total. The van der Waals surface area contributed by atoms with Gasteiger partial charge in [-0.15, -0.1) is 0 Å². The van der Waals surface area contributed by atoms with E-state index in [1.54, 1.807) is 41.5 Å². The summed E-state index contributed by atoms with van der Waals surface area (Å²) in [7, 11) is 5.53. The zero-order chi connectivity index (χ0) is 68.5. The normalized spacial score (nSPS) is 33.6. The third-order valence-corrected chi connectivity index (χ3v) is 15.4. The van der Waals surface area contributed by atoms with Gasteiger partial charge in [-0.2, -0.15) is 0 Å². The molecular formula is C55H78N10O27-2. The molecule has 92 heavy (non-hydrogen) atoms. The number of aromatic amines is 2. The molecule has 6 aliphatic rings. The number of aliphatic carboxylic acids is 1. The van der Waals surface area contributed by atoms with Crippen LogP contribution in [-0.4, -0.2) is 296 Å². The van der Waals surface area contributed by atoms with Crippen LogP contribution in [0.2, 0.25) is 0 Å². The maximum atomic E-state index is 13.9. The molecule has 0 radical (unpaired) electrons. The highest BCUT2D eigenvalue weighted by Gasteiger charge is 2.58. The lowest BCUT2D eigenvalue weighted by Gasteiger charge is -2.38. The quantitative estimate of drug-likeness (QED) is 0.0549. The van der Waals surface area contributed by atoms with E-state index in [-0.39, 0.29) is 24.5 Å². The molecule has 4 fully saturated rings. The van der Waals surface area contributed by atoms with Crippen molar-refractivity contribution < 1.29 is 113 Å². The van der Waals surface area contributed by atoms with Crippen LogP contribution in [0.1, 0.15) is 60.9 Å². The van der Waals surface area contributed by atoms with Crippen LogP contribution < -0.4 is 32.7 Å². The Balaban J connectivity index is 0.000000261. The van der Waals surface area contributed by atoms with E-state index < -0.39 is 205 Å². The molecule has 20 atom stereocenters. The minimum Gasteiger partial charge on any atom is -0.595 e. The number of hydrogen-bond acceptors (Lipinski definition) is 30. The van der Waals surface area contributed by atoms with Crippen molar-refractivity contribution in [2.24, 2.45) is 9.98 Å². The van der Waals surface area contributed by atoms with Crippen LogP contribution in [-0.2, 0) is 57.1 Å². The summed E-state index contributed by atoms with van der Waals surface area (Å²) < 4.78 is 47.2. The van der Waals surface area contributed by atoms with Crippen LogP contribution in [0.4, 0.5) is 0 Å². The summed E-state index contributed by atoms with van der Waals surface area (Å²) in [5.74, 6) is -3.34. The summed E-state index contributed by atoms with van der Waals surface area (Å²) in [6.45, 7) is 10.1. The van der Waals surface area contributed by atoms with Gasteiger partial charge in [0.25, 0.3) is 11.1 Å². The molecule has 16 unspecified atom stereocenters. The van der Waals surface area contributed by atoms with Crippen molar-refractivity contribution in [3.05, 3.63) is 89.7 Å². The third kappa shape index (κ3) is 16.2. The number of ketones is 1. The number of Topliss-reactive ketones (excluding diaryl/α,β-unsaturated/α-hetero) is 1. The number of carbonyl (C=O) groups excluding carboxylic acids is 3. The molecule has 2 aromatic rings. The van der Waals surface area contributed by atoms with Crippen LogP contribution in [0, 0.1) is 0 Å². The topological polar surface area (TPSA) is 518 Å². The van der Waals surface area contributed by atoms with E-state index in [2.05, 4.69) is 9.98 Å². The van der Waals surface area contributed by atoms with Gasteiger partial charge in [-0.1, -0.05) is 41.5 Å². The summed E-state index contributed by atoms with van der Waals surface area (Å²) in [4.78, 5) is 116. The molecule has 8 heterocycles. The zero-order valence-corrected chi connectivity index (χ0v) is 51.8. The first kappa shape index (κ1) is 72.2. The molecule has 0 aliphatic carbocycles. The molecule has 0 aromatic carbocycles. The summed E-state index contributed by atoms with van der Waals surface area (Å²) >= 11 is 0. The Morgan fingerprint density at radius 3 is 1.27 bits per heavy atom.